The lowest BCUT2D eigenvalue weighted by molar-refractivity contribution is -0.118. The maximum absolute atomic E-state index is 13.4. The number of fused-ring (bicyclic) bond motifs is 1. The molecule has 2 heterocycles. The fraction of sp³-hybridized carbons (Fsp3) is 0.400. The van der Waals surface area contributed by atoms with E-state index in [0.717, 1.165) is 35.8 Å². The van der Waals surface area contributed by atoms with Crippen molar-refractivity contribution in [2.24, 2.45) is 0 Å². The summed E-state index contributed by atoms with van der Waals surface area (Å²) < 4.78 is 8.41. The highest BCUT2D eigenvalue weighted by Crippen LogP contribution is 2.48. The summed E-state index contributed by atoms with van der Waals surface area (Å²) in [6, 6.07) is 9.60. The molecule has 178 valence electrons. The molecule has 0 saturated heterocycles. The van der Waals surface area contributed by atoms with Gasteiger partial charge in [0, 0.05) is 16.0 Å². The molecule has 2 amide bonds. The lowest BCUT2D eigenvalue weighted by Crippen LogP contribution is -2.41. The molecule has 1 aromatic carbocycles. The van der Waals surface area contributed by atoms with Gasteiger partial charge in [-0.3, -0.25) is 14.3 Å². The van der Waals surface area contributed by atoms with Gasteiger partial charge in [0.05, 0.1) is 17.8 Å². The predicted molar refractivity (Wildman–Crippen MR) is 130 cm³/mol. The fourth-order valence-corrected chi connectivity index (χ4v) is 4.36. The van der Waals surface area contributed by atoms with E-state index >= 15 is 0 Å². The zero-order chi connectivity index (χ0) is 24.4. The summed E-state index contributed by atoms with van der Waals surface area (Å²) >= 11 is 3.40. The van der Waals surface area contributed by atoms with E-state index in [1.165, 1.54) is 6.08 Å². The van der Waals surface area contributed by atoms with Gasteiger partial charge < -0.3 is 15.1 Å². The largest absolute Gasteiger partial charge is 0.437 e. The maximum atomic E-state index is 13.4. The average molecular weight is 535 g/mol. The van der Waals surface area contributed by atoms with Gasteiger partial charge in [-0.15, -0.1) is 0 Å². The minimum absolute atomic E-state index is 0.0167. The molecule has 9 nitrogen and oxygen atoms in total. The predicted octanol–water partition coefficient (Wildman–Crippen LogP) is 4.12. The van der Waals surface area contributed by atoms with Crippen molar-refractivity contribution in [3.63, 3.8) is 0 Å². The first-order valence-corrected chi connectivity index (χ1v) is 12.5. The number of nitrogens with zero attached hydrogens (tertiary/aromatic N) is 4. The molecule has 2 aromatic heterocycles. The number of carbonyl (C=O) groups is 2. The van der Waals surface area contributed by atoms with Gasteiger partial charge in [0.15, 0.2) is 5.58 Å². The molecule has 3 aliphatic rings. The van der Waals surface area contributed by atoms with E-state index in [1.807, 2.05) is 12.1 Å². The van der Waals surface area contributed by atoms with Gasteiger partial charge in [0.25, 0.3) is 11.8 Å². The number of benzene rings is 1. The minimum Gasteiger partial charge on any atom is -0.437 e. The molecule has 10 heteroatoms. The summed E-state index contributed by atoms with van der Waals surface area (Å²) in [5.41, 5.74) is 1.59. The Bertz CT molecular complexity index is 1450. The molecule has 6 rings (SSSR count). The lowest BCUT2D eigenvalue weighted by atomic mass is 10.1. The second-order valence-corrected chi connectivity index (χ2v) is 10.9. The molecule has 0 atom stereocenters. The number of rotatable bonds is 7. The van der Waals surface area contributed by atoms with E-state index in [0.29, 0.717) is 29.6 Å². The SMILES string of the molecule is CC1(c2cc(C(=O)NC(=Cc3nc4ccc(Br)cc4o3)C(=O)NC3(C#N)CC3)n(C3CC3)n2)CC1. The third-order valence-corrected chi connectivity index (χ3v) is 7.42. The Balaban J connectivity index is 1.33. The first kappa shape index (κ1) is 22.0. The van der Waals surface area contributed by atoms with Crippen LogP contribution in [0.3, 0.4) is 0 Å². The molecular formula is C25H23BrN6O3. The second kappa shape index (κ2) is 7.78. The van der Waals surface area contributed by atoms with Gasteiger partial charge in [-0.05, 0) is 62.8 Å². The minimum atomic E-state index is -0.892. The average Bonchev–Trinajstić information content (AvgIpc) is 3.79. The van der Waals surface area contributed by atoms with Crippen LogP contribution in [-0.2, 0) is 10.2 Å². The lowest BCUT2D eigenvalue weighted by Gasteiger charge is -2.13. The summed E-state index contributed by atoms with van der Waals surface area (Å²) in [7, 11) is 0. The Hall–Kier alpha value is -3.45. The number of aromatic nitrogens is 3. The molecule has 35 heavy (non-hydrogen) atoms. The quantitative estimate of drug-likeness (QED) is 0.439. The van der Waals surface area contributed by atoms with Crippen molar-refractivity contribution in [2.45, 2.75) is 62.4 Å². The normalized spacial score (nSPS) is 19.7. The number of nitrogens with one attached hydrogen (secondary N) is 2. The fourth-order valence-electron chi connectivity index (χ4n) is 4.02. The van der Waals surface area contributed by atoms with Crippen LogP contribution in [0.2, 0.25) is 0 Å². The first-order chi connectivity index (χ1) is 16.8. The molecule has 3 fully saturated rings. The molecule has 0 unspecified atom stereocenters. The summed E-state index contributed by atoms with van der Waals surface area (Å²) in [6.45, 7) is 2.15. The van der Waals surface area contributed by atoms with Gasteiger partial charge in [0.2, 0.25) is 5.89 Å². The highest BCUT2D eigenvalue weighted by molar-refractivity contribution is 9.10. The van der Waals surface area contributed by atoms with Crippen LogP contribution in [0.15, 0.2) is 38.9 Å². The highest BCUT2D eigenvalue weighted by atomic mass is 79.9. The highest BCUT2D eigenvalue weighted by Gasteiger charge is 2.46. The standard InChI is InChI=1S/C25H23BrN6O3/c1-24(6-7-24)20-12-18(32(31-20)15-3-4-15)23(34)29-17(22(33)30-25(13-27)8-9-25)11-21-28-16-5-2-14(26)10-19(16)35-21/h2,5,10-12,15H,3-4,6-9H2,1H3,(H,29,34)(H,30,33). The van der Waals surface area contributed by atoms with Crippen molar-refractivity contribution >= 4 is 44.9 Å². The third-order valence-electron chi connectivity index (χ3n) is 6.92. The molecule has 2 N–H and O–H groups in total. The van der Waals surface area contributed by atoms with Gasteiger partial charge in [-0.25, -0.2) is 4.98 Å². The van der Waals surface area contributed by atoms with E-state index in [4.69, 9.17) is 9.52 Å². The molecular weight excluding hydrogens is 512 g/mol. The summed E-state index contributed by atoms with van der Waals surface area (Å²) in [4.78, 5) is 31.0. The smallest absolute Gasteiger partial charge is 0.274 e. The number of amides is 2. The second-order valence-electron chi connectivity index (χ2n) is 9.98. The van der Waals surface area contributed by atoms with Crippen LogP contribution in [0.4, 0.5) is 0 Å². The Morgan fingerprint density at radius 1 is 1.26 bits per heavy atom. The van der Waals surface area contributed by atoms with Crippen molar-refractivity contribution in [3.8, 4) is 6.07 Å². The van der Waals surface area contributed by atoms with Gasteiger partial charge >= 0.3 is 0 Å². The zero-order valence-corrected chi connectivity index (χ0v) is 20.7. The number of oxazole rings is 1. The first-order valence-electron chi connectivity index (χ1n) is 11.7. The monoisotopic (exact) mass is 534 g/mol. The summed E-state index contributed by atoms with van der Waals surface area (Å²) in [5.74, 6) is -0.818. The topological polar surface area (TPSA) is 126 Å². The van der Waals surface area contributed by atoms with Crippen LogP contribution in [0.1, 0.15) is 73.6 Å². The summed E-state index contributed by atoms with van der Waals surface area (Å²) in [5, 5.41) is 19.7. The number of nitriles is 1. The molecule has 0 radical (unpaired) electrons. The molecule has 0 aliphatic heterocycles. The van der Waals surface area contributed by atoms with Crippen molar-refractivity contribution in [2.75, 3.05) is 0 Å². The maximum Gasteiger partial charge on any atom is 0.274 e. The van der Waals surface area contributed by atoms with Crippen molar-refractivity contribution in [1.82, 2.24) is 25.4 Å². The Morgan fingerprint density at radius 2 is 2.03 bits per heavy atom. The van der Waals surface area contributed by atoms with Crippen LogP contribution >= 0.6 is 15.9 Å². The number of halogens is 1. The molecule has 0 bridgehead atoms. The van der Waals surface area contributed by atoms with Crippen LogP contribution in [-0.4, -0.2) is 32.1 Å². The molecule has 3 saturated carbocycles. The van der Waals surface area contributed by atoms with Gasteiger partial charge in [0.1, 0.15) is 22.4 Å². The van der Waals surface area contributed by atoms with Crippen molar-refractivity contribution in [3.05, 3.63) is 51.7 Å². The number of hydrogen-bond donors (Lipinski definition) is 2. The number of carbonyl (C=O) groups excluding carboxylic acids is 2. The van der Waals surface area contributed by atoms with Crippen molar-refractivity contribution in [1.29, 1.82) is 5.26 Å². The van der Waals surface area contributed by atoms with E-state index in [9.17, 15) is 14.9 Å². The van der Waals surface area contributed by atoms with E-state index in [-0.39, 0.29) is 23.0 Å². The van der Waals surface area contributed by atoms with Crippen LogP contribution < -0.4 is 10.6 Å². The van der Waals surface area contributed by atoms with Crippen LogP contribution in [0, 0.1) is 11.3 Å². The van der Waals surface area contributed by atoms with E-state index in [1.54, 1.807) is 16.8 Å². The van der Waals surface area contributed by atoms with Crippen molar-refractivity contribution < 1.29 is 14.0 Å². The summed E-state index contributed by atoms with van der Waals surface area (Å²) in [6.07, 6.45) is 6.60. The van der Waals surface area contributed by atoms with Crippen LogP contribution in [0.5, 0.6) is 0 Å². The number of hydrogen-bond acceptors (Lipinski definition) is 6. The van der Waals surface area contributed by atoms with E-state index in [2.05, 4.69) is 44.5 Å². The van der Waals surface area contributed by atoms with Crippen LogP contribution in [0.25, 0.3) is 17.2 Å². The van der Waals surface area contributed by atoms with E-state index < -0.39 is 17.4 Å². The Labute approximate surface area is 209 Å². The molecule has 3 aliphatic carbocycles. The molecule has 3 aromatic rings. The van der Waals surface area contributed by atoms with Gasteiger partial charge in [-0.1, -0.05) is 22.9 Å². The zero-order valence-electron chi connectivity index (χ0n) is 19.1. The third kappa shape index (κ3) is 4.25. The van der Waals surface area contributed by atoms with Gasteiger partial charge in [-0.2, -0.15) is 10.4 Å². The molecule has 0 spiro atoms. The Kier molecular flexibility index (Phi) is 4.90. The Morgan fingerprint density at radius 3 is 2.69 bits per heavy atom.